The Kier molecular flexibility index (Phi) is 5.99. The molecular formula is C25H26F3N3O3. The number of H-pyrrole nitrogens is 1. The summed E-state index contributed by atoms with van der Waals surface area (Å²) in [7, 11) is 0. The zero-order valence-corrected chi connectivity index (χ0v) is 18.5. The van der Waals surface area contributed by atoms with E-state index in [9.17, 15) is 23.1 Å². The van der Waals surface area contributed by atoms with E-state index >= 15 is 0 Å². The number of aromatic nitrogens is 1. The fourth-order valence-corrected chi connectivity index (χ4v) is 5.04. The minimum atomic E-state index is -0.742. The predicted octanol–water partition coefficient (Wildman–Crippen LogP) is 4.20. The summed E-state index contributed by atoms with van der Waals surface area (Å²) in [6.07, 6.45) is 2.02. The molecule has 3 aromatic rings. The van der Waals surface area contributed by atoms with Crippen molar-refractivity contribution in [3.63, 3.8) is 0 Å². The number of aliphatic hydroxyl groups excluding tert-OH is 1. The summed E-state index contributed by atoms with van der Waals surface area (Å²) >= 11 is 0. The van der Waals surface area contributed by atoms with Gasteiger partial charge in [0.25, 0.3) is 0 Å². The molecule has 2 aliphatic rings. The first-order chi connectivity index (χ1) is 16.4. The molecule has 1 aromatic heterocycles. The molecular weight excluding hydrogens is 447 g/mol. The summed E-state index contributed by atoms with van der Waals surface area (Å²) in [4.78, 5) is 15.4. The first-order valence-electron chi connectivity index (χ1n) is 11.4. The minimum Gasteiger partial charge on any atom is -0.394 e. The molecule has 4 N–H and O–H groups in total. The smallest absolute Gasteiger partial charge is 0.315 e. The van der Waals surface area contributed by atoms with Crippen molar-refractivity contribution in [2.75, 3.05) is 26.4 Å². The topological polar surface area (TPSA) is 86.4 Å². The van der Waals surface area contributed by atoms with Crippen molar-refractivity contribution in [3.05, 3.63) is 59.4 Å². The number of ether oxygens (including phenoxy) is 1. The Morgan fingerprint density at radius 1 is 1.15 bits per heavy atom. The number of carbonyl (C=O) groups is 1. The molecule has 1 unspecified atom stereocenters. The third-order valence-corrected chi connectivity index (χ3v) is 6.98. The van der Waals surface area contributed by atoms with Crippen LogP contribution in [0.25, 0.3) is 22.2 Å². The van der Waals surface area contributed by atoms with Gasteiger partial charge in [-0.15, -0.1) is 0 Å². The molecule has 34 heavy (non-hydrogen) atoms. The molecule has 1 atom stereocenters. The molecule has 6 nitrogen and oxygen atoms in total. The number of fused-ring (bicyclic) bond motifs is 1. The Morgan fingerprint density at radius 3 is 2.59 bits per heavy atom. The van der Waals surface area contributed by atoms with Crippen molar-refractivity contribution in [2.45, 2.75) is 30.7 Å². The fourth-order valence-electron chi connectivity index (χ4n) is 5.04. The predicted molar refractivity (Wildman–Crippen MR) is 121 cm³/mol. The monoisotopic (exact) mass is 473 g/mol. The Hall–Kier alpha value is -3.04. The number of aliphatic hydroxyl groups is 1. The van der Waals surface area contributed by atoms with Crippen LogP contribution in [0.2, 0.25) is 0 Å². The van der Waals surface area contributed by atoms with Crippen LogP contribution in [0.4, 0.5) is 18.0 Å². The highest BCUT2D eigenvalue weighted by atomic mass is 19.1. The van der Waals surface area contributed by atoms with Gasteiger partial charge < -0.3 is 25.5 Å². The van der Waals surface area contributed by atoms with Gasteiger partial charge in [0.05, 0.1) is 30.0 Å². The maximum absolute atomic E-state index is 14.5. The number of aromatic amines is 1. The average Bonchev–Trinajstić information content (AvgIpc) is 3.39. The molecule has 0 bridgehead atoms. The van der Waals surface area contributed by atoms with Gasteiger partial charge >= 0.3 is 6.03 Å². The van der Waals surface area contributed by atoms with Gasteiger partial charge in [0.1, 0.15) is 17.5 Å². The minimum absolute atomic E-state index is 0.0388. The summed E-state index contributed by atoms with van der Waals surface area (Å²) in [5.74, 6) is -1.47. The number of hydrogen-bond acceptors (Lipinski definition) is 3. The maximum atomic E-state index is 14.5. The number of rotatable bonds is 6. The molecule has 9 heteroatoms. The van der Waals surface area contributed by atoms with Crippen LogP contribution in [0.5, 0.6) is 0 Å². The van der Waals surface area contributed by atoms with E-state index in [1.165, 1.54) is 18.2 Å². The van der Waals surface area contributed by atoms with Gasteiger partial charge in [0.15, 0.2) is 0 Å². The van der Waals surface area contributed by atoms with E-state index in [1.54, 1.807) is 12.1 Å². The second-order valence-electron chi connectivity index (χ2n) is 9.34. The second kappa shape index (κ2) is 8.96. The van der Waals surface area contributed by atoms with E-state index in [4.69, 9.17) is 4.74 Å². The van der Waals surface area contributed by atoms with Crippen LogP contribution in [0.15, 0.2) is 36.4 Å². The summed E-state index contributed by atoms with van der Waals surface area (Å²) in [5, 5.41) is 15.8. The van der Waals surface area contributed by atoms with E-state index in [-0.39, 0.29) is 42.4 Å². The lowest BCUT2D eigenvalue weighted by Gasteiger charge is -2.36. The van der Waals surface area contributed by atoms with Crippen molar-refractivity contribution >= 4 is 16.9 Å². The van der Waals surface area contributed by atoms with E-state index in [0.717, 1.165) is 24.5 Å². The van der Waals surface area contributed by atoms with Crippen molar-refractivity contribution in [3.8, 4) is 11.3 Å². The Labute approximate surface area is 194 Å². The van der Waals surface area contributed by atoms with Crippen molar-refractivity contribution < 1.29 is 27.8 Å². The van der Waals surface area contributed by atoms with E-state index < -0.39 is 17.2 Å². The fraction of sp³-hybridized carbons (Fsp3) is 0.400. The third kappa shape index (κ3) is 4.25. The van der Waals surface area contributed by atoms with Crippen molar-refractivity contribution in [1.82, 2.24) is 15.6 Å². The van der Waals surface area contributed by atoms with Crippen molar-refractivity contribution in [1.29, 1.82) is 0 Å². The molecule has 1 aliphatic carbocycles. The summed E-state index contributed by atoms with van der Waals surface area (Å²) < 4.78 is 47.3. The van der Waals surface area contributed by atoms with Crippen LogP contribution in [0.1, 0.15) is 30.7 Å². The van der Waals surface area contributed by atoms with Crippen LogP contribution in [-0.2, 0) is 4.74 Å². The SMILES string of the molecule is O=C(NCC1CC(c2c(-c3ccc(F)cc3)[nH]c3c(F)cc(F)cc23)C1)NC1(CO)CCOC1. The van der Waals surface area contributed by atoms with Crippen LogP contribution in [0, 0.1) is 23.4 Å². The lowest BCUT2D eigenvalue weighted by atomic mass is 9.70. The third-order valence-electron chi connectivity index (χ3n) is 6.98. The van der Waals surface area contributed by atoms with Gasteiger partial charge in [-0.3, -0.25) is 0 Å². The van der Waals surface area contributed by atoms with E-state index in [2.05, 4.69) is 15.6 Å². The summed E-state index contributed by atoms with van der Waals surface area (Å²) in [6, 6.07) is 7.72. The lowest BCUT2D eigenvalue weighted by Crippen LogP contribution is -2.55. The van der Waals surface area contributed by atoms with Gasteiger partial charge in [-0.25, -0.2) is 18.0 Å². The highest BCUT2D eigenvalue weighted by Crippen LogP contribution is 2.48. The molecule has 1 saturated carbocycles. The first kappa shape index (κ1) is 22.7. The molecule has 2 heterocycles. The number of halogens is 3. The number of hydrogen-bond donors (Lipinski definition) is 4. The van der Waals surface area contributed by atoms with Gasteiger partial charge in [-0.05, 0) is 72.6 Å². The molecule has 2 aromatic carbocycles. The van der Waals surface area contributed by atoms with Crippen LogP contribution >= 0.6 is 0 Å². The molecule has 2 fully saturated rings. The number of urea groups is 1. The normalized spacial score (nSPS) is 24.2. The van der Waals surface area contributed by atoms with Gasteiger partial charge in [0, 0.05) is 24.6 Å². The molecule has 1 aliphatic heterocycles. The Bertz CT molecular complexity index is 1200. The van der Waals surface area contributed by atoms with Crippen molar-refractivity contribution in [2.24, 2.45) is 5.92 Å². The molecule has 5 rings (SSSR count). The maximum Gasteiger partial charge on any atom is 0.315 e. The van der Waals surface area contributed by atoms with Gasteiger partial charge in [0.2, 0.25) is 0 Å². The average molecular weight is 473 g/mol. The Morgan fingerprint density at radius 2 is 1.91 bits per heavy atom. The van der Waals surface area contributed by atoms with Crippen LogP contribution in [-0.4, -0.2) is 48.0 Å². The highest BCUT2D eigenvalue weighted by molar-refractivity contribution is 5.92. The Balaban J connectivity index is 1.31. The summed E-state index contributed by atoms with van der Waals surface area (Å²) in [6.45, 7) is 1.03. The van der Waals surface area contributed by atoms with Gasteiger partial charge in [-0.2, -0.15) is 0 Å². The highest BCUT2D eigenvalue weighted by Gasteiger charge is 2.37. The molecule has 0 radical (unpaired) electrons. The quantitative estimate of drug-likeness (QED) is 0.433. The zero-order chi connectivity index (χ0) is 23.9. The lowest BCUT2D eigenvalue weighted by molar-refractivity contribution is 0.123. The largest absolute Gasteiger partial charge is 0.394 e. The number of nitrogens with one attached hydrogen (secondary N) is 3. The molecule has 2 amide bonds. The first-order valence-corrected chi connectivity index (χ1v) is 11.4. The molecule has 1 saturated heterocycles. The zero-order valence-electron chi connectivity index (χ0n) is 18.5. The second-order valence-corrected chi connectivity index (χ2v) is 9.34. The van der Waals surface area contributed by atoms with Crippen LogP contribution in [0.3, 0.4) is 0 Å². The van der Waals surface area contributed by atoms with Crippen LogP contribution < -0.4 is 10.6 Å². The van der Waals surface area contributed by atoms with E-state index in [1.807, 2.05) is 0 Å². The summed E-state index contributed by atoms with van der Waals surface area (Å²) in [5.41, 5.74) is 1.64. The number of carbonyl (C=O) groups excluding carboxylic acids is 1. The number of amides is 2. The van der Waals surface area contributed by atoms with Gasteiger partial charge in [-0.1, -0.05) is 0 Å². The molecule has 180 valence electrons. The standard InChI is InChI=1S/C25H26F3N3O3/c26-17-3-1-15(2-4-17)22-21(19-9-18(27)10-20(28)23(19)30-22)16-7-14(8-16)11-29-24(33)31-25(12-32)5-6-34-13-25/h1-4,9-10,14,16,30,32H,5-8,11-13H2,(H2,29,31,33). The van der Waals surface area contributed by atoms with E-state index in [0.29, 0.717) is 36.2 Å². The molecule has 0 spiro atoms. The number of benzene rings is 2.